The molecule has 1 fully saturated rings. The number of carbonyl (C=O) groups is 2. The highest BCUT2D eigenvalue weighted by molar-refractivity contribution is 6.06. The third-order valence-corrected chi connectivity index (χ3v) is 4.87. The van der Waals surface area contributed by atoms with Gasteiger partial charge in [0.2, 0.25) is 0 Å². The average molecular weight is 382 g/mol. The summed E-state index contributed by atoms with van der Waals surface area (Å²) in [5.74, 6) is -0.352. The molecule has 2 aromatic rings. The van der Waals surface area contributed by atoms with E-state index in [-0.39, 0.29) is 25.2 Å². The van der Waals surface area contributed by atoms with Gasteiger partial charge in [-0.2, -0.15) is 0 Å². The topological polar surface area (TPSA) is 78.9 Å². The van der Waals surface area contributed by atoms with Crippen LogP contribution in [0.2, 0.25) is 0 Å². The van der Waals surface area contributed by atoms with Gasteiger partial charge in [-0.25, -0.2) is 4.79 Å². The normalized spacial score (nSPS) is 18.1. The molecule has 148 valence electrons. The van der Waals surface area contributed by atoms with Crippen LogP contribution in [-0.4, -0.2) is 46.7 Å². The van der Waals surface area contributed by atoms with Crippen molar-refractivity contribution < 1.29 is 19.4 Å². The maximum atomic E-state index is 12.3. The molecule has 2 aromatic carbocycles. The smallest absolute Gasteiger partial charge is 0.325 e. The average Bonchev–Trinajstić information content (AvgIpc) is 2.86. The molecule has 2 atom stereocenters. The van der Waals surface area contributed by atoms with E-state index < -0.39 is 17.7 Å². The molecule has 1 aliphatic rings. The number of aliphatic hydroxyl groups excluding tert-OH is 1. The Morgan fingerprint density at radius 2 is 1.71 bits per heavy atom. The van der Waals surface area contributed by atoms with Crippen molar-refractivity contribution in [1.82, 2.24) is 10.2 Å². The lowest BCUT2D eigenvalue weighted by Gasteiger charge is -2.24. The summed E-state index contributed by atoms with van der Waals surface area (Å²) in [4.78, 5) is 25.3. The number of nitrogens with one attached hydrogen (secondary N) is 1. The Labute approximate surface area is 165 Å². The first kappa shape index (κ1) is 20.0. The van der Waals surface area contributed by atoms with Crippen molar-refractivity contribution in [3.63, 3.8) is 0 Å². The van der Waals surface area contributed by atoms with Gasteiger partial charge in [-0.1, -0.05) is 54.6 Å². The van der Waals surface area contributed by atoms with Crippen LogP contribution in [0, 0.1) is 6.92 Å². The van der Waals surface area contributed by atoms with Crippen LogP contribution < -0.4 is 5.32 Å². The Kier molecular flexibility index (Phi) is 5.82. The summed E-state index contributed by atoms with van der Waals surface area (Å²) in [6.45, 7) is 5.18. The summed E-state index contributed by atoms with van der Waals surface area (Å²) in [6, 6.07) is 17.2. The molecule has 0 saturated carbocycles. The lowest BCUT2D eigenvalue weighted by atomic mass is 9.97. The molecule has 0 spiro atoms. The van der Waals surface area contributed by atoms with Crippen LogP contribution in [-0.2, 0) is 9.53 Å². The molecule has 1 saturated heterocycles. The van der Waals surface area contributed by atoms with E-state index in [9.17, 15) is 14.7 Å². The van der Waals surface area contributed by atoms with E-state index in [4.69, 9.17) is 4.74 Å². The third kappa shape index (κ3) is 4.24. The van der Waals surface area contributed by atoms with Gasteiger partial charge in [-0.05, 0) is 37.5 Å². The highest BCUT2D eigenvalue weighted by Crippen LogP contribution is 2.28. The van der Waals surface area contributed by atoms with Crippen molar-refractivity contribution >= 4 is 11.9 Å². The highest BCUT2D eigenvalue weighted by atomic mass is 16.5. The second-order valence-corrected chi connectivity index (χ2v) is 7.61. The number of rotatable bonds is 7. The van der Waals surface area contributed by atoms with Crippen LogP contribution in [0.4, 0.5) is 4.79 Å². The van der Waals surface area contributed by atoms with E-state index in [0.29, 0.717) is 0 Å². The number of hydrogen-bond donors (Lipinski definition) is 2. The number of ether oxygens (including phenoxy) is 1. The number of aryl methyl sites for hydroxylation is 1. The van der Waals surface area contributed by atoms with Crippen LogP contribution in [0.1, 0.15) is 36.6 Å². The van der Waals surface area contributed by atoms with E-state index >= 15 is 0 Å². The Bertz CT molecular complexity index is 851. The number of carbonyl (C=O) groups excluding carboxylic acids is 2. The summed E-state index contributed by atoms with van der Waals surface area (Å²) in [5, 5.41) is 13.0. The molecule has 0 bridgehead atoms. The molecular formula is C22H26N2O4. The van der Waals surface area contributed by atoms with E-state index in [1.165, 1.54) is 0 Å². The van der Waals surface area contributed by atoms with Crippen molar-refractivity contribution in [1.29, 1.82) is 0 Å². The molecule has 3 rings (SSSR count). The molecular weight excluding hydrogens is 356 g/mol. The van der Waals surface area contributed by atoms with Crippen molar-refractivity contribution in [3.8, 4) is 0 Å². The number of urea groups is 1. The van der Waals surface area contributed by atoms with Gasteiger partial charge in [0, 0.05) is 0 Å². The fourth-order valence-corrected chi connectivity index (χ4v) is 3.33. The lowest BCUT2D eigenvalue weighted by molar-refractivity contribution is -0.131. The van der Waals surface area contributed by atoms with Crippen LogP contribution >= 0.6 is 0 Å². The van der Waals surface area contributed by atoms with Crippen LogP contribution in [0.25, 0.3) is 0 Å². The van der Waals surface area contributed by atoms with Crippen LogP contribution in [0.5, 0.6) is 0 Å². The Balaban J connectivity index is 1.71. The van der Waals surface area contributed by atoms with Gasteiger partial charge < -0.3 is 15.2 Å². The number of imide groups is 1. The summed E-state index contributed by atoms with van der Waals surface area (Å²) >= 11 is 0. The van der Waals surface area contributed by atoms with Crippen LogP contribution in [0.15, 0.2) is 54.6 Å². The molecule has 3 amide bonds. The molecule has 28 heavy (non-hydrogen) atoms. The summed E-state index contributed by atoms with van der Waals surface area (Å²) < 4.78 is 6.07. The van der Waals surface area contributed by atoms with Gasteiger partial charge in [0.05, 0.1) is 19.3 Å². The first-order valence-electron chi connectivity index (χ1n) is 9.34. The molecule has 1 heterocycles. The van der Waals surface area contributed by atoms with Gasteiger partial charge in [0.25, 0.3) is 5.91 Å². The van der Waals surface area contributed by atoms with Gasteiger partial charge in [0.15, 0.2) is 0 Å². The number of β-amino-alcohol motifs (C(OH)–C–C–N with tert-alkyl or cyclic N) is 1. The minimum atomic E-state index is -0.987. The molecule has 1 aliphatic heterocycles. The minimum Gasteiger partial charge on any atom is -0.389 e. The maximum Gasteiger partial charge on any atom is 0.325 e. The minimum absolute atomic E-state index is 0.00855. The third-order valence-electron chi connectivity index (χ3n) is 4.87. The zero-order chi connectivity index (χ0) is 20.3. The van der Waals surface area contributed by atoms with Gasteiger partial charge in [-0.15, -0.1) is 0 Å². The predicted octanol–water partition coefficient (Wildman–Crippen LogP) is 2.79. The standard InChI is InChI=1S/C22H26N2O4/c1-15-9-7-8-12-18(15)19(16-10-5-4-6-11-16)28-14-17(25)13-24-20(26)22(2,3)23-21(24)27/h4-12,17,19,25H,13-14H2,1-3H3,(H,23,27). The molecule has 2 N–H and O–H groups in total. The maximum absolute atomic E-state index is 12.3. The summed E-state index contributed by atoms with van der Waals surface area (Å²) in [6.07, 6.45) is -1.34. The largest absolute Gasteiger partial charge is 0.389 e. The molecule has 0 radical (unpaired) electrons. The van der Waals surface area contributed by atoms with Crippen molar-refractivity contribution in [2.24, 2.45) is 0 Å². The summed E-state index contributed by atoms with van der Waals surface area (Å²) in [5.41, 5.74) is 2.12. The van der Waals surface area contributed by atoms with Gasteiger partial charge in [0.1, 0.15) is 11.6 Å². The van der Waals surface area contributed by atoms with E-state index in [1.807, 2.05) is 61.5 Å². The van der Waals surface area contributed by atoms with E-state index in [2.05, 4.69) is 5.32 Å². The summed E-state index contributed by atoms with van der Waals surface area (Å²) in [7, 11) is 0. The highest BCUT2D eigenvalue weighted by Gasteiger charge is 2.44. The van der Waals surface area contributed by atoms with Crippen molar-refractivity contribution in [3.05, 3.63) is 71.3 Å². The first-order valence-corrected chi connectivity index (χ1v) is 9.34. The SMILES string of the molecule is Cc1ccccc1C(OCC(O)CN1C(=O)NC(C)(C)C1=O)c1ccccc1. The fraction of sp³-hybridized carbons (Fsp3) is 0.364. The zero-order valence-corrected chi connectivity index (χ0v) is 16.4. The van der Waals surface area contributed by atoms with E-state index in [1.54, 1.807) is 13.8 Å². The quantitative estimate of drug-likeness (QED) is 0.722. The van der Waals surface area contributed by atoms with Gasteiger partial charge in [-0.3, -0.25) is 9.69 Å². The predicted molar refractivity (Wildman–Crippen MR) is 106 cm³/mol. The number of benzene rings is 2. The van der Waals surface area contributed by atoms with Crippen LogP contribution in [0.3, 0.4) is 0 Å². The zero-order valence-electron chi connectivity index (χ0n) is 16.4. The second kappa shape index (κ2) is 8.12. The number of aliphatic hydroxyl groups is 1. The van der Waals surface area contributed by atoms with E-state index in [0.717, 1.165) is 21.6 Å². The first-order chi connectivity index (χ1) is 13.3. The molecule has 2 unspecified atom stereocenters. The van der Waals surface area contributed by atoms with Crippen molar-refractivity contribution in [2.45, 2.75) is 38.5 Å². The molecule has 0 aliphatic carbocycles. The molecule has 6 heteroatoms. The monoisotopic (exact) mass is 382 g/mol. The fourth-order valence-electron chi connectivity index (χ4n) is 3.33. The Morgan fingerprint density at radius 3 is 2.32 bits per heavy atom. The number of hydrogen-bond acceptors (Lipinski definition) is 4. The number of nitrogens with zero attached hydrogens (tertiary/aromatic N) is 1. The second-order valence-electron chi connectivity index (χ2n) is 7.61. The lowest BCUT2D eigenvalue weighted by Crippen LogP contribution is -2.42. The Morgan fingerprint density at radius 1 is 1.07 bits per heavy atom. The van der Waals surface area contributed by atoms with Crippen molar-refractivity contribution in [2.75, 3.05) is 13.2 Å². The Hall–Kier alpha value is -2.70. The molecule has 6 nitrogen and oxygen atoms in total. The molecule has 0 aromatic heterocycles. The van der Waals surface area contributed by atoms with Gasteiger partial charge >= 0.3 is 6.03 Å². The number of amides is 3.